The van der Waals surface area contributed by atoms with Crippen molar-refractivity contribution in [3.8, 4) is 0 Å². The molecule has 0 radical (unpaired) electrons. The van der Waals surface area contributed by atoms with Crippen molar-refractivity contribution in [2.45, 2.75) is 49.5 Å². The quantitative estimate of drug-likeness (QED) is 0.570. The van der Waals surface area contributed by atoms with Crippen molar-refractivity contribution in [3.05, 3.63) is 75.7 Å². The van der Waals surface area contributed by atoms with Crippen LogP contribution in [0.1, 0.15) is 25.0 Å². The van der Waals surface area contributed by atoms with Crippen molar-refractivity contribution in [1.82, 2.24) is 14.1 Å². The number of carbonyl (C=O) groups excluding carboxylic acids is 2. The Balaban J connectivity index is 1.81. The van der Waals surface area contributed by atoms with Crippen LogP contribution < -0.4 is 5.73 Å². The summed E-state index contributed by atoms with van der Waals surface area (Å²) in [6.07, 6.45) is -3.45. The van der Waals surface area contributed by atoms with Gasteiger partial charge in [-0.25, -0.2) is 12.7 Å². The fourth-order valence-electron chi connectivity index (χ4n) is 4.33. The number of alkyl halides is 3. The average Bonchev–Trinajstić information content (AvgIpc) is 2.82. The second-order valence-corrected chi connectivity index (χ2v) is 11.8. The Hall–Kier alpha value is -2.80. The van der Waals surface area contributed by atoms with Gasteiger partial charge in [0, 0.05) is 23.7 Å². The maximum Gasteiger partial charge on any atom is 0.416 e. The van der Waals surface area contributed by atoms with Gasteiger partial charge in [0.25, 0.3) is 10.0 Å². The van der Waals surface area contributed by atoms with Crippen LogP contribution in [0.25, 0.3) is 0 Å². The monoisotopic (exact) mass is 590 g/mol. The number of amides is 2. The Morgan fingerprint density at radius 2 is 1.68 bits per heavy atom. The third-order valence-electron chi connectivity index (χ3n) is 6.25. The molecule has 2 N–H and O–H groups in total. The summed E-state index contributed by atoms with van der Waals surface area (Å²) in [6.45, 7) is 2.98. The zero-order valence-electron chi connectivity index (χ0n) is 20.1. The smallest absolute Gasteiger partial charge is 0.318 e. The van der Waals surface area contributed by atoms with Gasteiger partial charge < -0.3 is 10.6 Å². The summed E-state index contributed by atoms with van der Waals surface area (Å²) >= 11 is 12.1. The molecule has 1 saturated heterocycles. The lowest BCUT2D eigenvalue weighted by Crippen LogP contribution is -2.66. The van der Waals surface area contributed by atoms with Crippen LogP contribution in [-0.2, 0) is 32.2 Å². The van der Waals surface area contributed by atoms with Crippen LogP contribution in [0.5, 0.6) is 0 Å². The molecule has 38 heavy (non-hydrogen) atoms. The molecular weight excluding hydrogens is 568 g/mol. The molecule has 8 nitrogen and oxygen atoms in total. The molecule has 0 aromatic heterocycles. The lowest BCUT2D eigenvalue weighted by Gasteiger charge is -2.48. The normalized spacial score (nSPS) is 20.7. The van der Waals surface area contributed by atoms with E-state index in [4.69, 9.17) is 28.9 Å². The van der Waals surface area contributed by atoms with E-state index in [-0.39, 0.29) is 27.2 Å². The lowest BCUT2D eigenvalue weighted by molar-refractivity contribution is -0.149. The first kappa shape index (κ1) is 28.2. The van der Waals surface area contributed by atoms with Gasteiger partial charge in [-0.2, -0.15) is 13.2 Å². The third-order valence-corrected chi connectivity index (χ3v) is 8.74. The van der Waals surface area contributed by atoms with Crippen molar-refractivity contribution in [1.29, 1.82) is 0 Å². The number of rotatable bonds is 5. The van der Waals surface area contributed by atoms with Gasteiger partial charge in [-0.05, 0) is 49.7 Å². The van der Waals surface area contributed by atoms with Gasteiger partial charge >= 0.3 is 6.18 Å². The Labute approximate surface area is 227 Å². The molecular formula is C24H23Cl2F3N4O4S. The molecule has 204 valence electrons. The van der Waals surface area contributed by atoms with Crippen LogP contribution in [0.2, 0.25) is 10.0 Å². The largest absolute Gasteiger partial charge is 0.416 e. The second kappa shape index (κ2) is 10.1. The van der Waals surface area contributed by atoms with E-state index in [0.29, 0.717) is 5.56 Å². The van der Waals surface area contributed by atoms with Gasteiger partial charge in [0.15, 0.2) is 0 Å². The van der Waals surface area contributed by atoms with Crippen molar-refractivity contribution in [2.75, 3.05) is 6.54 Å². The average molecular weight is 591 g/mol. The molecule has 14 heteroatoms. The Morgan fingerprint density at radius 3 is 2.24 bits per heavy atom. The van der Waals surface area contributed by atoms with Crippen LogP contribution in [-0.4, -0.2) is 59.0 Å². The van der Waals surface area contributed by atoms with Gasteiger partial charge in [0.05, 0.1) is 17.1 Å². The maximum absolute atomic E-state index is 13.7. The van der Waals surface area contributed by atoms with Gasteiger partial charge in [-0.1, -0.05) is 35.3 Å². The van der Waals surface area contributed by atoms with Gasteiger partial charge in [-0.15, -0.1) is 0 Å². The molecule has 0 bridgehead atoms. The maximum atomic E-state index is 13.7. The Morgan fingerprint density at radius 1 is 1.05 bits per heavy atom. The molecule has 2 atom stereocenters. The van der Waals surface area contributed by atoms with E-state index >= 15 is 0 Å². The molecule has 4 rings (SSSR count). The van der Waals surface area contributed by atoms with Crippen LogP contribution >= 0.6 is 23.2 Å². The van der Waals surface area contributed by atoms with E-state index in [1.807, 2.05) is 0 Å². The van der Waals surface area contributed by atoms with E-state index < -0.39 is 58.2 Å². The fourth-order valence-corrected chi connectivity index (χ4v) is 6.55. The predicted octanol–water partition coefficient (Wildman–Crippen LogP) is 3.83. The fraction of sp³-hybridized carbons (Fsp3) is 0.333. The summed E-state index contributed by atoms with van der Waals surface area (Å²) in [6, 6.07) is 5.00. The van der Waals surface area contributed by atoms with E-state index in [9.17, 15) is 31.2 Å². The summed E-state index contributed by atoms with van der Waals surface area (Å²) in [5, 5.41) is 0.0650. The number of halogens is 5. The van der Waals surface area contributed by atoms with Gasteiger partial charge in [0.1, 0.15) is 22.8 Å². The molecule has 2 aromatic rings. The van der Waals surface area contributed by atoms with Gasteiger partial charge in [-0.3, -0.25) is 14.5 Å². The molecule has 2 heterocycles. The minimum Gasteiger partial charge on any atom is -0.318 e. The number of fused-ring (bicyclic) bond motifs is 1. The number of nitrogens with zero attached hydrogens (tertiary/aromatic N) is 3. The topological polar surface area (TPSA) is 104 Å². The summed E-state index contributed by atoms with van der Waals surface area (Å²) in [5.41, 5.74) is 5.52. The minimum absolute atomic E-state index is 0.118. The first-order valence-corrected chi connectivity index (χ1v) is 13.6. The lowest BCUT2D eigenvalue weighted by atomic mass is 9.98. The van der Waals surface area contributed by atoms with Crippen molar-refractivity contribution >= 4 is 45.0 Å². The number of nitrogens with two attached hydrogens (primary N) is 1. The molecule has 0 spiro atoms. The van der Waals surface area contributed by atoms with Crippen LogP contribution in [0.15, 0.2) is 59.4 Å². The van der Waals surface area contributed by atoms with E-state index in [1.165, 1.54) is 41.4 Å². The number of hydrogen-bond donors (Lipinski definition) is 1. The summed E-state index contributed by atoms with van der Waals surface area (Å²) in [7, 11) is -4.38. The first-order valence-electron chi connectivity index (χ1n) is 11.4. The third kappa shape index (κ3) is 5.09. The summed E-state index contributed by atoms with van der Waals surface area (Å²) in [4.78, 5) is 28.8. The van der Waals surface area contributed by atoms with Crippen LogP contribution in [0.4, 0.5) is 13.2 Å². The Kier molecular flexibility index (Phi) is 7.47. The molecule has 0 saturated carbocycles. The van der Waals surface area contributed by atoms with Crippen molar-refractivity contribution in [2.24, 2.45) is 5.73 Å². The first-order chi connectivity index (χ1) is 17.6. The Bertz CT molecular complexity index is 1410. The highest BCUT2D eigenvalue weighted by atomic mass is 35.5. The molecule has 2 aliphatic heterocycles. The molecule has 2 amide bonds. The summed E-state index contributed by atoms with van der Waals surface area (Å²) < 4.78 is 67.5. The zero-order chi connectivity index (χ0) is 28.2. The zero-order valence-corrected chi connectivity index (χ0v) is 22.4. The summed E-state index contributed by atoms with van der Waals surface area (Å²) in [5.74, 6) is -1.35. The second-order valence-electron chi connectivity index (χ2n) is 9.17. The number of carbonyl (C=O) groups is 2. The van der Waals surface area contributed by atoms with Crippen molar-refractivity contribution in [3.63, 3.8) is 0 Å². The molecule has 2 unspecified atom stereocenters. The number of sulfonamides is 1. The predicted molar refractivity (Wildman–Crippen MR) is 134 cm³/mol. The standard InChI is InChI=1S/C24H23Cl2F3N4O4S/c1-13(2)31-12-21-32(38(36,37)20-8-7-16(25)10-17(20)26)11-18(30)22(34)33(21)19(23(31)35)9-14-3-5-15(6-4-14)24(27,28)29/h3-8,10,12-13,18-19H,9,11,30H2,1-2H3. The molecule has 1 fully saturated rings. The van der Waals surface area contributed by atoms with Crippen molar-refractivity contribution < 1.29 is 31.2 Å². The van der Waals surface area contributed by atoms with E-state index in [2.05, 4.69) is 0 Å². The molecule has 2 aromatic carbocycles. The number of hydrogen-bond acceptors (Lipinski definition) is 5. The SMILES string of the molecule is CC(C)N1C=C2N(C(=O)C(N)CN2S(=O)(=O)c2ccc(Cl)cc2Cl)C(Cc2ccc(C(F)(F)F)cc2)C1=O. The van der Waals surface area contributed by atoms with E-state index in [0.717, 1.165) is 21.3 Å². The molecule has 0 aliphatic carbocycles. The van der Waals surface area contributed by atoms with Gasteiger partial charge in [0.2, 0.25) is 11.8 Å². The van der Waals surface area contributed by atoms with E-state index in [1.54, 1.807) is 13.8 Å². The highest BCUT2D eigenvalue weighted by Crippen LogP contribution is 2.36. The molecule has 2 aliphatic rings. The minimum atomic E-state index is -4.54. The highest BCUT2D eigenvalue weighted by molar-refractivity contribution is 7.89. The van der Waals surface area contributed by atoms with Crippen LogP contribution in [0, 0.1) is 0 Å². The highest BCUT2D eigenvalue weighted by Gasteiger charge is 2.49. The van der Waals surface area contributed by atoms with Crippen LogP contribution in [0.3, 0.4) is 0 Å². The number of benzene rings is 2.